The molecule has 0 amide bonds. The van der Waals surface area contributed by atoms with Crippen LogP contribution in [-0.2, 0) is 16.0 Å². The van der Waals surface area contributed by atoms with Gasteiger partial charge in [-0.2, -0.15) is 0 Å². The lowest BCUT2D eigenvalue weighted by atomic mass is 10.1. The quantitative estimate of drug-likeness (QED) is 0.436. The molecule has 0 N–H and O–H groups in total. The first-order chi connectivity index (χ1) is 13.9. The van der Waals surface area contributed by atoms with E-state index < -0.39 is 0 Å². The summed E-state index contributed by atoms with van der Waals surface area (Å²) in [6, 6.07) is 24.9. The fourth-order valence-electron chi connectivity index (χ4n) is 3.34. The third kappa shape index (κ3) is 3.21. The first kappa shape index (κ1) is 16.8. The number of nitrogens with zero attached hydrogens (tertiary/aromatic N) is 2. The summed E-state index contributed by atoms with van der Waals surface area (Å²) >= 11 is 1.69. The number of aromatic nitrogens is 1. The van der Waals surface area contributed by atoms with Crippen molar-refractivity contribution < 1.29 is 9.47 Å². The molecule has 0 saturated heterocycles. The second-order valence-electron chi connectivity index (χ2n) is 6.49. The third-order valence-electron chi connectivity index (χ3n) is 4.66. The Bertz CT molecular complexity index is 1120. The molecule has 3 heterocycles. The van der Waals surface area contributed by atoms with Gasteiger partial charge in [0.2, 0.25) is 12.7 Å². The molecule has 0 bridgehead atoms. The van der Waals surface area contributed by atoms with E-state index in [4.69, 9.17) is 14.5 Å². The fraction of sp³-hybridized carbons (Fsp3) is 0.0870. The van der Waals surface area contributed by atoms with Gasteiger partial charge < -0.3 is 9.47 Å². The summed E-state index contributed by atoms with van der Waals surface area (Å²) in [5.74, 6) is 1.53. The van der Waals surface area contributed by atoms with Gasteiger partial charge in [-0.1, -0.05) is 60.7 Å². The molecule has 0 unspecified atom stereocenters. The van der Waals surface area contributed by atoms with Crippen LogP contribution in [0.25, 0.3) is 21.3 Å². The highest BCUT2D eigenvalue weighted by molar-refractivity contribution is 7.13. The zero-order valence-corrected chi connectivity index (χ0v) is 15.9. The zero-order valence-electron chi connectivity index (χ0n) is 15.1. The molecule has 0 spiro atoms. The number of fused-ring (bicyclic) bond motifs is 1. The van der Waals surface area contributed by atoms with E-state index in [2.05, 4.69) is 58.8 Å². The van der Waals surface area contributed by atoms with Gasteiger partial charge in [0.05, 0.1) is 17.1 Å². The molecule has 2 aromatic carbocycles. The Balaban J connectivity index is 1.69. The van der Waals surface area contributed by atoms with Crippen molar-refractivity contribution in [1.82, 2.24) is 4.98 Å². The molecular weight excluding hydrogens is 368 g/mol. The van der Waals surface area contributed by atoms with E-state index in [1.54, 1.807) is 17.6 Å². The van der Waals surface area contributed by atoms with Crippen molar-refractivity contribution in [2.24, 2.45) is 0 Å². The Morgan fingerprint density at radius 2 is 1.82 bits per heavy atom. The van der Waals surface area contributed by atoms with Crippen molar-refractivity contribution in [3.05, 3.63) is 95.9 Å². The van der Waals surface area contributed by atoms with E-state index in [0.717, 1.165) is 27.2 Å². The van der Waals surface area contributed by atoms with E-state index in [9.17, 15) is 0 Å². The molecule has 0 aliphatic carbocycles. The van der Waals surface area contributed by atoms with E-state index in [1.807, 2.05) is 24.3 Å². The highest BCUT2D eigenvalue weighted by Gasteiger charge is 2.22. The van der Waals surface area contributed by atoms with Crippen LogP contribution in [0.2, 0.25) is 0 Å². The molecule has 4 aromatic rings. The van der Waals surface area contributed by atoms with Gasteiger partial charge in [-0.05, 0) is 28.5 Å². The molecule has 0 fully saturated rings. The van der Waals surface area contributed by atoms with Crippen molar-refractivity contribution in [1.29, 1.82) is 0 Å². The van der Waals surface area contributed by atoms with Gasteiger partial charge in [0.1, 0.15) is 12.1 Å². The summed E-state index contributed by atoms with van der Waals surface area (Å²) in [5.41, 5.74) is 2.13. The minimum atomic E-state index is 0.225. The Hall–Kier alpha value is -3.31. The van der Waals surface area contributed by atoms with Gasteiger partial charge in [0.25, 0.3) is 0 Å². The summed E-state index contributed by atoms with van der Waals surface area (Å²) < 4.78 is 11.1. The fourth-order valence-corrected chi connectivity index (χ4v) is 4.02. The normalized spacial score (nSPS) is 13.1. The first-order valence-electron chi connectivity index (χ1n) is 9.08. The van der Waals surface area contributed by atoms with Crippen molar-refractivity contribution in [3.63, 3.8) is 0 Å². The highest BCUT2D eigenvalue weighted by Crippen LogP contribution is 2.34. The summed E-state index contributed by atoms with van der Waals surface area (Å²) in [5, 5.41) is 4.30. The van der Waals surface area contributed by atoms with Crippen LogP contribution in [0.4, 0.5) is 5.82 Å². The largest absolute Gasteiger partial charge is 0.459 e. The van der Waals surface area contributed by atoms with Crippen LogP contribution in [0.5, 0.6) is 0 Å². The maximum Gasteiger partial charge on any atom is 0.234 e. The molecule has 0 saturated carbocycles. The second-order valence-corrected chi connectivity index (χ2v) is 7.43. The number of thiophene rings is 1. The maximum atomic E-state index is 5.75. The molecule has 0 radical (unpaired) electrons. The first-order valence-corrected chi connectivity index (χ1v) is 9.96. The molecule has 5 heteroatoms. The zero-order chi connectivity index (χ0) is 18.8. The monoisotopic (exact) mass is 386 g/mol. The molecule has 5 rings (SSSR count). The number of hydrogen-bond acceptors (Lipinski definition) is 5. The molecule has 1 aliphatic heterocycles. The van der Waals surface area contributed by atoms with Gasteiger partial charge in [-0.3, -0.25) is 4.90 Å². The second kappa shape index (κ2) is 7.37. The predicted octanol–water partition coefficient (Wildman–Crippen LogP) is 5.77. The van der Waals surface area contributed by atoms with Crippen LogP contribution in [0.15, 0.2) is 90.3 Å². The Labute approximate surface area is 167 Å². The lowest BCUT2D eigenvalue weighted by Gasteiger charge is -2.25. The number of pyridine rings is 1. The summed E-state index contributed by atoms with van der Waals surface area (Å²) in [7, 11) is 0. The molecule has 28 heavy (non-hydrogen) atoms. The van der Waals surface area contributed by atoms with Gasteiger partial charge >= 0.3 is 0 Å². The number of benzene rings is 2. The van der Waals surface area contributed by atoms with Gasteiger partial charge in [-0.25, -0.2) is 4.98 Å². The van der Waals surface area contributed by atoms with Crippen LogP contribution >= 0.6 is 11.3 Å². The Morgan fingerprint density at radius 1 is 0.964 bits per heavy atom. The number of ether oxygens (including phenoxy) is 2. The highest BCUT2D eigenvalue weighted by atomic mass is 32.1. The van der Waals surface area contributed by atoms with E-state index in [0.29, 0.717) is 12.4 Å². The Kier molecular flexibility index (Phi) is 4.43. The van der Waals surface area contributed by atoms with Crippen LogP contribution in [0.3, 0.4) is 0 Å². The van der Waals surface area contributed by atoms with Crippen LogP contribution in [-0.4, -0.2) is 11.8 Å². The predicted molar refractivity (Wildman–Crippen MR) is 113 cm³/mol. The molecule has 2 aromatic heterocycles. The van der Waals surface area contributed by atoms with E-state index >= 15 is 0 Å². The van der Waals surface area contributed by atoms with Crippen molar-refractivity contribution in [3.8, 4) is 10.6 Å². The van der Waals surface area contributed by atoms with Crippen molar-refractivity contribution in [2.45, 2.75) is 6.54 Å². The Morgan fingerprint density at radius 3 is 2.61 bits per heavy atom. The average molecular weight is 386 g/mol. The van der Waals surface area contributed by atoms with E-state index in [1.165, 1.54) is 5.56 Å². The van der Waals surface area contributed by atoms with Gasteiger partial charge in [-0.15, -0.1) is 11.3 Å². The summed E-state index contributed by atoms with van der Waals surface area (Å²) in [4.78, 5) is 8.27. The maximum absolute atomic E-state index is 5.75. The molecular formula is C23H18N2O2S. The molecule has 4 nitrogen and oxygen atoms in total. The minimum Gasteiger partial charge on any atom is -0.459 e. The average Bonchev–Trinajstić information content (AvgIpc) is 3.46. The van der Waals surface area contributed by atoms with Crippen molar-refractivity contribution >= 4 is 27.9 Å². The number of rotatable bonds is 5. The van der Waals surface area contributed by atoms with Gasteiger partial charge in [0, 0.05) is 5.39 Å². The van der Waals surface area contributed by atoms with Crippen LogP contribution in [0.1, 0.15) is 5.56 Å². The lowest BCUT2D eigenvalue weighted by Crippen LogP contribution is -2.24. The molecule has 1 aliphatic rings. The number of anilines is 1. The van der Waals surface area contributed by atoms with Crippen molar-refractivity contribution in [2.75, 3.05) is 11.7 Å². The van der Waals surface area contributed by atoms with Gasteiger partial charge in [0.15, 0.2) is 0 Å². The lowest BCUT2D eigenvalue weighted by molar-refractivity contribution is 0.0782. The summed E-state index contributed by atoms with van der Waals surface area (Å²) in [6.45, 7) is 0.865. The van der Waals surface area contributed by atoms with Crippen LogP contribution < -0.4 is 4.90 Å². The van der Waals surface area contributed by atoms with E-state index in [-0.39, 0.29) is 6.79 Å². The standard InChI is InChI=1S/C23H18N2O2S/c1-2-7-17(8-3-1)14-25(22-15-26-16-27-22)23-19-10-5-4-9-18(19)13-20(24-23)21-11-6-12-28-21/h1-13,15H,14,16H2. The molecule has 138 valence electrons. The SMILES string of the molecule is C1=C(N(Cc2ccccc2)c2nc(-c3cccs3)cc3ccccc23)OCO1. The topological polar surface area (TPSA) is 34.6 Å². The number of hydrogen-bond donors (Lipinski definition) is 0. The molecule has 0 atom stereocenters. The minimum absolute atomic E-state index is 0.225. The smallest absolute Gasteiger partial charge is 0.234 e. The third-order valence-corrected chi connectivity index (χ3v) is 5.55. The van der Waals surface area contributed by atoms with Crippen LogP contribution in [0, 0.1) is 0 Å². The summed E-state index contributed by atoms with van der Waals surface area (Å²) in [6.07, 6.45) is 1.66.